The summed E-state index contributed by atoms with van der Waals surface area (Å²) < 4.78 is 6.18. The number of fused-ring (bicyclic) bond motifs is 1. The molecule has 1 aromatic heterocycles. The molecule has 2 aromatic carbocycles. The summed E-state index contributed by atoms with van der Waals surface area (Å²) >= 11 is 0. The third-order valence-corrected chi connectivity index (χ3v) is 5.24. The second-order valence-electron chi connectivity index (χ2n) is 6.99. The summed E-state index contributed by atoms with van der Waals surface area (Å²) in [4.78, 5) is 13.5. The van der Waals surface area contributed by atoms with Gasteiger partial charge in [-0.05, 0) is 31.0 Å². The summed E-state index contributed by atoms with van der Waals surface area (Å²) in [6.45, 7) is 2.42. The van der Waals surface area contributed by atoms with E-state index in [4.69, 9.17) is 4.42 Å². The summed E-state index contributed by atoms with van der Waals surface area (Å²) in [6.07, 6.45) is 2.51. The molecule has 1 atom stereocenters. The SMILES string of the molecule is O=C(O)C1CCCN(CCc2oc3ccccc3c2-c2ccccc2)C1. The number of likely N-dealkylation sites (tertiary alicyclic amines) is 1. The zero-order valence-corrected chi connectivity index (χ0v) is 14.7. The first-order valence-corrected chi connectivity index (χ1v) is 9.23. The molecule has 0 spiro atoms. The van der Waals surface area contributed by atoms with E-state index in [-0.39, 0.29) is 5.92 Å². The van der Waals surface area contributed by atoms with Crippen molar-refractivity contribution >= 4 is 16.9 Å². The Balaban J connectivity index is 1.59. The van der Waals surface area contributed by atoms with Gasteiger partial charge in [0, 0.05) is 30.5 Å². The van der Waals surface area contributed by atoms with E-state index >= 15 is 0 Å². The smallest absolute Gasteiger partial charge is 0.307 e. The molecule has 1 fully saturated rings. The van der Waals surface area contributed by atoms with Crippen molar-refractivity contribution in [1.29, 1.82) is 0 Å². The first-order valence-electron chi connectivity index (χ1n) is 9.23. The lowest BCUT2D eigenvalue weighted by atomic mass is 9.97. The molecule has 4 nitrogen and oxygen atoms in total. The van der Waals surface area contributed by atoms with Crippen molar-refractivity contribution in [3.8, 4) is 11.1 Å². The van der Waals surface area contributed by atoms with E-state index in [1.807, 2.05) is 36.4 Å². The van der Waals surface area contributed by atoms with E-state index in [2.05, 4.69) is 23.1 Å². The monoisotopic (exact) mass is 349 g/mol. The molecule has 134 valence electrons. The van der Waals surface area contributed by atoms with Gasteiger partial charge < -0.3 is 14.4 Å². The number of piperidine rings is 1. The van der Waals surface area contributed by atoms with Gasteiger partial charge in [-0.2, -0.15) is 0 Å². The van der Waals surface area contributed by atoms with Crippen molar-refractivity contribution in [2.24, 2.45) is 5.92 Å². The van der Waals surface area contributed by atoms with Crippen molar-refractivity contribution in [2.45, 2.75) is 19.3 Å². The van der Waals surface area contributed by atoms with Gasteiger partial charge in [0.25, 0.3) is 0 Å². The summed E-state index contributed by atoms with van der Waals surface area (Å²) in [5, 5.41) is 10.4. The van der Waals surface area contributed by atoms with Gasteiger partial charge in [-0.15, -0.1) is 0 Å². The molecule has 1 unspecified atom stereocenters. The highest BCUT2D eigenvalue weighted by Gasteiger charge is 2.25. The predicted molar refractivity (Wildman–Crippen MR) is 102 cm³/mol. The molecule has 1 saturated heterocycles. The fourth-order valence-electron chi connectivity index (χ4n) is 3.91. The zero-order chi connectivity index (χ0) is 17.9. The number of carboxylic acids is 1. The van der Waals surface area contributed by atoms with Crippen molar-refractivity contribution in [3.05, 3.63) is 60.4 Å². The molecule has 0 saturated carbocycles. The maximum atomic E-state index is 11.3. The molecular weight excluding hydrogens is 326 g/mol. The van der Waals surface area contributed by atoms with Crippen LogP contribution in [0.1, 0.15) is 18.6 Å². The highest BCUT2D eigenvalue weighted by atomic mass is 16.4. The molecule has 4 heteroatoms. The van der Waals surface area contributed by atoms with Gasteiger partial charge in [0.15, 0.2) is 0 Å². The second kappa shape index (κ2) is 7.34. The van der Waals surface area contributed by atoms with Crippen LogP contribution in [0.4, 0.5) is 0 Å². The van der Waals surface area contributed by atoms with Gasteiger partial charge in [0.05, 0.1) is 5.92 Å². The highest BCUT2D eigenvalue weighted by Crippen LogP contribution is 2.35. The number of para-hydroxylation sites is 1. The number of benzene rings is 2. The van der Waals surface area contributed by atoms with Crippen LogP contribution in [-0.2, 0) is 11.2 Å². The third kappa shape index (κ3) is 3.37. The van der Waals surface area contributed by atoms with Gasteiger partial charge in [-0.25, -0.2) is 0 Å². The van der Waals surface area contributed by atoms with Gasteiger partial charge in [0.2, 0.25) is 0 Å². The summed E-state index contributed by atoms with van der Waals surface area (Å²) in [6, 6.07) is 18.5. The Morgan fingerprint density at radius 2 is 1.88 bits per heavy atom. The topological polar surface area (TPSA) is 53.7 Å². The molecule has 3 aromatic rings. The minimum absolute atomic E-state index is 0.243. The number of hydrogen-bond acceptors (Lipinski definition) is 3. The van der Waals surface area contributed by atoms with Crippen molar-refractivity contribution in [1.82, 2.24) is 4.90 Å². The Kier molecular flexibility index (Phi) is 4.76. The Hall–Kier alpha value is -2.59. The minimum atomic E-state index is -0.677. The van der Waals surface area contributed by atoms with Gasteiger partial charge in [-0.3, -0.25) is 4.79 Å². The Bertz CT molecular complexity index is 900. The van der Waals surface area contributed by atoms with Crippen LogP contribution in [0, 0.1) is 5.92 Å². The molecule has 26 heavy (non-hydrogen) atoms. The first kappa shape index (κ1) is 16.9. The fourth-order valence-corrected chi connectivity index (χ4v) is 3.91. The minimum Gasteiger partial charge on any atom is -0.481 e. The fraction of sp³-hybridized carbons (Fsp3) is 0.318. The largest absolute Gasteiger partial charge is 0.481 e. The van der Waals surface area contributed by atoms with Crippen molar-refractivity contribution in [3.63, 3.8) is 0 Å². The van der Waals surface area contributed by atoms with Crippen molar-refractivity contribution in [2.75, 3.05) is 19.6 Å². The molecule has 4 rings (SSSR count). The van der Waals surface area contributed by atoms with E-state index in [1.165, 1.54) is 0 Å². The molecule has 0 radical (unpaired) electrons. The molecule has 0 aliphatic carbocycles. The van der Waals surface area contributed by atoms with Crippen LogP contribution in [0.25, 0.3) is 22.1 Å². The first-order chi connectivity index (χ1) is 12.7. The van der Waals surface area contributed by atoms with E-state index < -0.39 is 5.97 Å². The lowest BCUT2D eigenvalue weighted by molar-refractivity contribution is -0.143. The lowest BCUT2D eigenvalue weighted by Gasteiger charge is -2.30. The average molecular weight is 349 g/mol. The van der Waals surface area contributed by atoms with Crippen LogP contribution in [0.15, 0.2) is 59.0 Å². The second-order valence-corrected chi connectivity index (χ2v) is 6.99. The summed E-state index contributed by atoms with van der Waals surface area (Å²) in [5.41, 5.74) is 3.23. The van der Waals surface area contributed by atoms with Gasteiger partial charge >= 0.3 is 5.97 Å². The predicted octanol–water partition coefficient (Wildman–Crippen LogP) is 4.44. The molecule has 1 aliphatic rings. The zero-order valence-electron chi connectivity index (χ0n) is 14.7. The Labute approximate surface area is 153 Å². The van der Waals surface area contributed by atoms with E-state index in [0.29, 0.717) is 6.54 Å². The Morgan fingerprint density at radius 1 is 1.12 bits per heavy atom. The average Bonchev–Trinajstić information content (AvgIpc) is 3.05. The van der Waals surface area contributed by atoms with Crippen LogP contribution in [0.3, 0.4) is 0 Å². The van der Waals surface area contributed by atoms with Crippen LogP contribution in [-0.4, -0.2) is 35.6 Å². The number of carboxylic acid groups (broad SMARTS) is 1. The molecular formula is C22H23NO3. The number of carbonyl (C=O) groups is 1. The maximum Gasteiger partial charge on any atom is 0.307 e. The third-order valence-electron chi connectivity index (χ3n) is 5.24. The van der Waals surface area contributed by atoms with Crippen LogP contribution in [0.5, 0.6) is 0 Å². The van der Waals surface area contributed by atoms with E-state index in [1.54, 1.807) is 0 Å². The maximum absolute atomic E-state index is 11.3. The summed E-state index contributed by atoms with van der Waals surface area (Å²) in [5.74, 6) is 0.0614. The van der Waals surface area contributed by atoms with Gasteiger partial charge in [-0.1, -0.05) is 48.5 Å². The number of aliphatic carboxylic acids is 1. The van der Waals surface area contributed by atoms with Crippen molar-refractivity contribution < 1.29 is 14.3 Å². The summed E-state index contributed by atoms with van der Waals surface area (Å²) in [7, 11) is 0. The van der Waals surface area contributed by atoms with Crippen LogP contribution >= 0.6 is 0 Å². The van der Waals surface area contributed by atoms with Crippen LogP contribution < -0.4 is 0 Å². The van der Waals surface area contributed by atoms with Crippen LogP contribution in [0.2, 0.25) is 0 Å². The van der Waals surface area contributed by atoms with E-state index in [9.17, 15) is 9.90 Å². The number of rotatable bonds is 5. The molecule has 1 N–H and O–H groups in total. The molecule has 1 aliphatic heterocycles. The quantitative estimate of drug-likeness (QED) is 0.740. The molecule has 0 amide bonds. The standard InChI is InChI=1S/C22H23NO3/c24-22(25)17-9-6-13-23(15-17)14-12-20-21(16-7-2-1-3-8-16)18-10-4-5-11-19(18)26-20/h1-5,7-8,10-11,17H,6,9,12-15H2,(H,24,25). The molecule has 0 bridgehead atoms. The van der Waals surface area contributed by atoms with Gasteiger partial charge in [0.1, 0.15) is 11.3 Å². The number of furan rings is 1. The lowest BCUT2D eigenvalue weighted by Crippen LogP contribution is -2.39. The Morgan fingerprint density at radius 3 is 2.69 bits per heavy atom. The van der Waals surface area contributed by atoms with E-state index in [0.717, 1.165) is 60.2 Å². The number of hydrogen-bond donors (Lipinski definition) is 1. The molecule has 2 heterocycles. The normalized spacial score (nSPS) is 18.2. The highest BCUT2D eigenvalue weighted by molar-refractivity contribution is 5.95. The number of nitrogens with zero attached hydrogens (tertiary/aromatic N) is 1.